The third-order valence-corrected chi connectivity index (χ3v) is 7.54. The normalized spacial score (nSPS) is 11.3. The number of nitrogens with one attached hydrogen (secondary N) is 2. The number of thiophene rings is 1. The quantitative estimate of drug-likeness (QED) is 0.171. The van der Waals surface area contributed by atoms with E-state index in [-0.39, 0.29) is 38.2 Å². The van der Waals surface area contributed by atoms with Crippen LogP contribution in [0.2, 0.25) is 0 Å². The number of nitrogens with zero attached hydrogens (tertiary/aromatic N) is 2. The van der Waals surface area contributed by atoms with Gasteiger partial charge in [0.2, 0.25) is 5.75 Å². The molecule has 10 nitrogen and oxygen atoms in total. The van der Waals surface area contributed by atoms with E-state index in [2.05, 4.69) is 15.2 Å². The number of nitro benzene ring substituents is 1. The van der Waals surface area contributed by atoms with Crippen LogP contribution in [-0.4, -0.2) is 25.5 Å². The Balaban J connectivity index is 1.48. The van der Waals surface area contributed by atoms with E-state index in [0.717, 1.165) is 23.5 Å². The molecule has 188 valence electrons. The van der Waals surface area contributed by atoms with Gasteiger partial charge in [-0.3, -0.25) is 19.6 Å². The number of hydrogen-bond acceptors (Lipinski definition) is 8. The van der Waals surface area contributed by atoms with Crippen LogP contribution in [0.15, 0.2) is 93.6 Å². The second-order valence-electron chi connectivity index (χ2n) is 7.32. The molecule has 0 radical (unpaired) electrons. The van der Waals surface area contributed by atoms with E-state index < -0.39 is 26.7 Å². The van der Waals surface area contributed by atoms with E-state index in [4.69, 9.17) is 4.74 Å². The molecule has 3 aromatic carbocycles. The summed E-state index contributed by atoms with van der Waals surface area (Å²) in [7, 11) is -3.88. The number of carbonyl (C=O) groups excluding carboxylic acids is 1. The van der Waals surface area contributed by atoms with Crippen molar-refractivity contribution in [1.29, 1.82) is 0 Å². The van der Waals surface area contributed by atoms with E-state index in [1.165, 1.54) is 54.7 Å². The summed E-state index contributed by atoms with van der Waals surface area (Å²) in [6, 6.07) is 18.0. The molecule has 1 heterocycles. The number of hydrazone groups is 1. The Hall–Kier alpha value is -4.62. The molecule has 1 amide bonds. The predicted octanol–water partition coefficient (Wildman–Crippen LogP) is 5.15. The lowest BCUT2D eigenvalue weighted by molar-refractivity contribution is -0.385. The number of nitro groups is 1. The first-order valence-electron chi connectivity index (χ1n) is 10.4. The van der Waals surface area contributed by atoms with E-state index in [0.29, 0.717) is 0 Å². The number of amides is 1. The van der Waals surface area contributed by atoms with Crippen LogP contribution in [0.3, 0.4) is 0 Å². The Morgan fingerprint density at radius 2 is 1.81 bits per heavy atom. The van der Waals surface area contributed by atoms with Crippen LogP contribution in [0.1, 0.15) is 15.9 Å². The van der Waals surface area contributed by atoms with E-state index in [9.17, 15) is 27.7 Å². The summed E-state index contributed by atoms with van der Waals surface area (Å²) in [4.78, 5) is 23.5. The molecule has 13 heteroatoms. The fourth-order valence-electron chi connectivity index (χ4n) is 3.08. The summed E-state index contributed by atoms with van der Waals surface area (Å²) in [6.07, 6.45) is 1.19. The van der Waals surface area contributed by atoms with Gasteiger partial charge in [-0.1, -0.05) is 18.2 Å². The van der Waals surface area contributed by atoms with Gasteiger partial charge in [0.1, 0.15) is 15.8 Å². The monoisotopic (exact) mass is 540 g/mol. The Bertz CT molecular complexity index is 1570. The highest BCUT2D eigenvalue weighted by atomic mass is 32.2. The molecule has 0 fully saturated rings. The van der Waals surface area contributed by atoms with Gasteiger partial charge in [-0.05, 0) is 60.0 Å². The van der Waals surface area contributed by atoms with Crippen LogP contribution in [0.25, 0.3) is 0 Å². The van der Waals surface area contributed by atoms with Gasteiger partial charge >= 0.3 is 5.69 Å². The standard InChI is InChI=1S/C24H17FN4O6S2/c25-17-8-10-18(11-9-17)35-22-12-7-16(14-21(22)29(31)32)15-26-27-24(30)19-4-1-2-5-20(19)28-37(33,34)23-6-3-13-36-23/h1-15,28H,(H,27,30)/b26-15-. The molecule has 0 atom stereocenters. The molecule has 0 unspecified atom stereocenters. The summed E-state index contributed by atoms with van der Waals surface area (Å²) in [5.74, 6) is -1.03. The van der Waals surface area contributed by atoms with Crippen molar-refractivity contribution in [2.45, 2.75) is 4.21 Å². The molecule has 37 heavy (non-hydrogen) atoms. The van der Waals surface area contributed by atoms with E-state index in [1.54, 1.807) is 23.6 Å². The van der Waals surface area contributed by atoms with Crippen LogP contribution < -0.4 is 14.9 Å². The molecular formula is C24H17FN4O6S2. The summed E-state index contributed by atoms with van der Waals surface area (Å²) in [5.41, 5.74) is 2.27. The number of carbonyl (C=O) groups is 1. The number of halogens is 1. The molecule has 0 aliphatic heterocycles. The number of benzene rings is 3. The highest BCUT2D eigenvalue weighted by Crippen LogP contribution is 2.32. The largest absolute Gasteiger partial charge is 0.450 e. The van der Waals surface area contributed by atoms with Crippen molar-refractivity contribution >= 4 is 44.9 Å². The first-order valence-corrected chi connectivity index (χ1v) is 12.8. The smallest absolute Gasteiger partial charge is 0.312 e. The third-order valence-electron chi connectivity index (χ3n) is 4.78. The first-order chi connectivity index (χ1) is 17.7. The Labute approximate surface area is 214 Å². The van der Waals surface area contributed by atoms with Crippen molar-refractivity contribution in [3.63, 3.8) is 0 Å². The topological polar surface area (TPSA) is 140 Å². The van der Waals surface area contributed by atoms with Crippen molar-refractivity contribution in [3.8, 4) is 11.5 Å². The van der Waals surface area contributed by atoms with Crippen LogP contribution in [0.5, 0.6) is 11.5 Å². The molecule has 2 N–H and O–H groups in total. The van der Waals surface area contributed by atoms with Crippen LogP contribution in [0.4, 0.5) is 15.8 Å². The molecule has 4 rings (SSSR count). The maximum Gasteiger partial charge on any atom is 0.312 e. The van der Waals surface area contributed by atoms with Crippen molar-refractivity contribution in [2.75, 3.05) is 4.72 Å². The molecule has 4 aromatic rings. The van der Waals surface area contributed by atoms with Crippen LogP contribution >= 0.6 is 11.3 Å². The maximum absolute atomic E-state index is 13.1. The van der Waals surface area contributed by atoms with Gasteiger partial charge in [-0.15, -0.1) is 11.3 Å². The molecule has 0 spiro atoms. The number of sulfonamides is 1. The number of anilines is 1. The Kier molecular flexibility index (Phi) is 7.55. The van der Waals surface area contributed by atoms with Gasteiger partial charge in [-0.2, -0.15) is 5.10 Å². The molecule has 0 aliphatic rings. The first kappa shape index (κ1) is 25.5. The zero-order valence-electron chi connectivity index (χ0n) is 18.7. The molecule has 0 saturated heterocycles. The summed E-state index contributed by atoms with van der Waals surface area (Å²) in [6.45, 7) is 0. The number of hydrogen-bond donors (Lipinski definition) is 2. The minimum absolute atomic E-state index is 0.0220. The number of para-hydroxylation sites is 1. The van der Waals surface area contributed by atoms with Crippen molar-refractivity contribution in [1.82, 2.24) is 5.43 Å². The van der Waals surface area contributed by atoms with Gasteiger partial charge in [-0.25, -0.2) is 18.2 Å². The molecular weight excluding hydrogens is 523 g/mol. The lowest BCUT2D eigenvalue weighted by atomic mass is 10.2. The Morgan fingerprint density at radius 1 is 1.05 bits per heavy atom. The molecule has 1 aromatic heterocycles. The minimum atomic E-state index is -3.88. The predicted molar refractivity (Wildman–Crippen MR) is 136 cm³/mol. The van der Waals surface area contributed by atoms with E-state index in [1.807, 2.05) is 0 Å². The van der Waals surface area contributed by atoms with Crippen molar-refractivity contribution in [2.24, 2.45) is 5.10 Å². The van der Waals surface area contributed by atoms with Gasteiger partial charge in [0.15, 0.2) is 0 Å². The summed E-state index contributed by atoms with van der Waals surface area (Å²) >= 11 is 1.03. The third kappa shape index (κ3) is 6.34. The average molecular weight is 541 g/mol. The zero-order chi connectivity index (χ0) is 26.4. The number of ether oxygens (including phenoxy) is 1. The summed E-state index contributed by atoms with van der Waals surface area (Å²) < 4.78 is 46.1. The highest BCUT2D eigenvalue weighted by Gasteiger charge is 2.20. The average Bonchev–Trinajstić information content (AvgIpc) is 3.42. The van der Waals surface area contributed by atoms with Crippen molar-refractivity contribution < 1.29 is 27.3 Å². The van der Waals surface area contributed by atoms with Crippen LogP contribution in [0, 0.1) is 15.9 Å². The molecule has 0 saturated carbocycles. The molecule has 0 bridgehead atoms. The highest BCUT2D eigenvalue weighted by molar-refractivity contribution is 7.94. The van der Waals surface area contributed by atoms with Crippen molar-refractivity contribution in [3.05, 3.63) is 111 Å². The van der Waals surface area contributed by atoms with Gasteiger partial charge in [0.05, 0.1) is 22.4 Å². The van der Waals surface area contributed by atoms with Gasteiger partial charge in [0, 0.05) is 11.6 Å². The fraction of sp³-hybridized carbons (Fsp3) is 0. The minimum Gasteiger partial charge on any atom is -0.450 e. The second-order valence-corrected chi connectivity index (χ2v) is 10.2. The fourth-order valence-corrected chi connectivity index (χ4v) is 5.15. The Morgan fingerprint density at radius 3 is 2.51 bits per heavy atom. The van der Waals surface area contributed by atoms with Crippen LogP contribution in [-0.2, 0) is 10.0 Å². The SMILES string of the molecule is O=C(N/N=C\c1ccc(Oc2ccc(F)cc2)c([N+](=O)[O-])c1)c1ccccc1NS(=O)(=O)c1cccs1. The zero-order valence-corrected chi connectivity index (χ0v) is 20.3. The van der Waals surface area contributed by atoms with Gasteiger partial charge < -0.3 is 4.74 Å². The number of rotatable bonds is 9. The lowest BCUT2D eigenvalue weighted by Gasteiger charge is -2.10. The molecule has 0 aliphatic carbocycles. The van der Waals surface area contributed by atoms with Gasteiger partial charge in [0.25, 0.3) is 15.9 Å². The second kappa shape index (κ2) is 11.0. The maximum atomic E-state index is 13.1. The van der Waals surface area contributed by atoms with E-state index >= 15 is 0 Å². The summed E-state index contributed by atoms with van der Waals surface area (Å²) in [5, 5.41) is 17.0. The lowest BCUT2D eigenvalue weighted by Crippen LogP contribution is -2.21.